The maximum Gasteiger partial charge on any atom is 0.335 e. The Balaban J connectivity index is 1.48. The predicted octanol–water partition coefficient (Wildman–Crippen LogP) is 3.13. The molecular weight excluding hydrogens is 358 g/mol. The van der Waals surface area contributed by atoms with Crippen molar-refractivity contribution >= 4 is 17.6 Å². The second-order valence-corrected chi connectivity index (χ2v) is 7.11. The molecule has 1 aliphatic heterocycles. The van der Waals surface area contributed by atoms with Gasteiger partial charge in [0.05, 0.1) is 29.2 Å². The molecule has 0 saturated carbocycles. The Morgan fingerprint density at radius 3 is 2.86 bits per heavy atom. The lowest BCUT2D eigenvalue weighted by Gasteiger charge is -2.22. The maximum absolute atomic E-state index is 11.1. The largest absolute Gasteiger partial charge is 0.478 e. The number of aryl methyl sites for hydroxylation is 1. The van der Waals surface area contributed by atoms with Crippen LogP contribution in [-0.4, -0.2) is 44.0 Å². The molecule has 1 unspecified atom stereocenters. The van der Waals surface area contributed by atoms with Crippen molar-refractivity contribution in [2.24, 2.45) is 0 Å². The summed E-state index contributed by atoms with van der Waals surface area (Å²) in [7, 11) is 0. The summed E-state index contributed by atoms with van der Waals surface area (Å²) in [6.07, 6.45) is 13.4. The van der Waals surface area contributed by atoms with E-state index < -0.39 is 5.97 Å². The van der Waals surface area contributed by atoms with Gasteiger partial charge in [0.15, 0.2) is 0 Å². The van der Waals surface area contributed by atoms with Crippen LogP contribution in [0.15, 0.2) is 42.4 Å². The molecule has 0 bridgehead atoms. The number of nitrogens with zero attached hydrogens (tertiary/aromatic N) is 4. The van der Waals surface area contributed by atoms with E-state index in [1.165, 1.54) is 0 Å². The first-order valence-electron chi connectivity index (χ1n) is 9.44. The topological polar surface area (TPSA) is 102 Å². The fraction of sp³-hybridized carbons (Fsp3) is 0.400. The number of carboxylic acids is 1. The van der Waals surface area contributed by atoms with Crippen LogP contribution in [0, 0.1) is 6.92 Å². The van der Waals surface area contributed by atoms with E-state index in [0.717, 1.165) is 43.0 Å². The number of rotatable bonds is 5. The predicted molar refractivity (Wildman–Crippen MR) is 104 cm³/mol. The lowest BCUT2D eigenvalue weighted by atomic mass is 9.92. The van der Waals surface area contributed by atoms with E-state index in [1.807, 2.05) is 23.9 Å². The Morgan fingerprint density at radius 2 is 2.14 bits per heavy atom. The van der Waals surface area contributed by atoms with Crippen LogP contribution in [-0.2, 0) is 9.53 Å². The molecule has 0 amide bonds. The van der Waals surface area contributed by atoms with Crippen molar-refractivity contribution < 1.29 is 14.6 Å². The first kappa shape index (κ1) is 18.4. The van der Waals surface area contributed by atoms with Crippen molar-refractivity contribution in [1.82, 2.24) is 19.7 Å². The van der Waals surface area contributed by atoms with Crippen molar-refractivity contribution in [2.45, 2.75) is 38.1 Å². The van der Waals surface area contributed by atoms with Gasteiger partial charge in [0.25, 0.3) is 0 Å². The van der Waals surface area contributed by atoms with Gasteiger partial charge in [-0.15, -0.1) is 0 Å². The van der Waals surface area contributed by atoms with Crippen molar-refractivity contribution in [3.63, 3.8) is 0 Å². The summed E-state index contributed by atoms with van der Waals surface area (Å²) in [5, 5.41) is 16.8. The van der Waals surface area contributed by atoms with E-state index in [2.05, 4.69) is 20.4 Å². The van der Waals surface area contributed by atoms with Crippen molar-refractivity contribution in [1.29, 1.82) is 0 Å². The zero-order valence-electron chi connectivity index (χ0n) is 15.7. The highest BCUT2D eigenvalue weighted by molar-refractivity contribution is 5.90. The van der Waals surface area contributed by atoms with E-state index in [9.17, 15) is 4.79 Å². The number of carboxylic acid groups (broad SMARTS) is 1. The molecule has 1 atom stereocenters. The first-order valence-corrected chi connectivity index (χ1v) is 9.44. The molecule has 0 spiro atoms. The molecule has 4 rings (SSSR count). The summed E-state index contributed by atoms with van der Waals surface area (Å²) < 4.78 is 7.38. The Kier molecular flexibility index (Phi) is 5.21. The highest BCUT2D eigenvalue weighted by atomic mass is 16.5. The lowest BCUT2D eigenvalue weighted by molar-refractivity contribution is -0.132. The van der Waals surface area contributed by atoms with Gasteiger partial charge in [-0.05, 0) is 31.7 Å². The van der Waals surface area contributed by atoms with Gasteiger partial charge in [-0.2, -0.15) is 5.10 Å². The summed E-state index contributed by atoms with van der Waals surface area (Å²) in [5.41, 5.74) is 3.03. The Bertz CT molecular complexity index is 928. The highest BCUT2D eigenvalue weighted by Gasteiger charge is 2.19. The number of ether oxygens (including phenoxy) is 1. The summed E-state index contributed by atoms with van der Waals surface area (Å²) in [6.45, 7) is 3.50. The molecule has 8 heteroatoms. The summed E-state index contributed by atoms with van der Waals surface area (Å²) in [5.74, 6) is -0.358. The van der Waals surface area contributed by atoms with Crippen LogP contribution < -0.4 is 5.32 Å². The van der Waals surface area contributed by atoms with Crippen LogP contribution in [0.3, 0.4) is 0 Å². The summed E-state index contributed by atoms with van der Waals surface area (Å²) in [4.78, 5) is 20.1. The van der Waals surface area contributed by atoms with E-state index in [-0.39, 0.29) is 5.92 Å². The molecular formula is C20H23N5O3. The smallest absolute Gasteiger partial charge is 0.335 e. The third kappa shape index (κ3) is 3.96. The number of nitrogens with one attached hydrogen (secondary N) is 1. The van der Waals surface area contributed by atoms with E-state index >= 15 is 0 Å². The molecule has 0 aromatic carbocycles. The molecule has 1 saturated heterocycles. The Morgan fingerprint density at radius 1 is 1.32 bits per heavy atom. The van der Waals surface area contributed by atoms with Crippen LogP contribution in [0.4, 0.5) is 11.6 Å². The Labute approximate surface area is 163 Å². The lowest BCUT2D eigenvalue weighted by Crippen LogP contribution is -2.19. The molecule has 1 aliphatic carbocycles. The fourth-order valence-electron chi connectivity index (χ4n) is 3.55. The molecule has 146 valence electrons. The van der Waals surface area contributed by atoms with Crippen molar-refractivity contribution in [2.75, 3.05) is 18.5 Å². The molecule has 28 heavy (non-hydrogen) atoms. The minimum absolute atomic E-state index is 0.0385. The average Bonchev–Trinajstić information content (AvgIpc) is 3.19. The number of carbonyl (C=O) groups is 1. The Hall–Kier alpha value is -3.00. The average molecular weight is 381 g/mol. The molecule has 0 radical (unpaired) electrons. The molecule has 1 fully saturated rings. The van der Waals surface area contributed by atoms with Gasteiger partial charge in [0.2, 0.25) is 5.95 Å². The second kappa shape index (κ2) is 7.93. The summed E-state index contributed by atoms with van der Waals surface area (Å²) >= 11 is 0. The fourth-order valence-corrected chi connectivity index (χ4v) is 3.55. The quantitative estimate of drug-likeness (QED) is 0.820. The van der Waals surface area contributed by atoms with Crippen LogP contribution in [0.1, 0.15) is 42.5 Å². The van der Waals surface area contributed by atoms with Gasteiger partial charge in [-0.1, -0.05) is 18.2 Å². The summed E-state index contributed by atoms with van der Waals surface area (Å²) in [6, 6.07) is 0.362. The number of allylic oxidation sites excluding steroid dienone is 2. The number of hydrogen-bond acceptors (Lipinski definition) is 6. The van der Waals surface area contributed by atoms with E-state index in [4.69, 9.17) is 9.84 Å². The second-order valence-electron chi connectivity index (χ2n) is 7.11. The SMILES string of the molecule is Cc1cnc(Nc2cnn(C3CCOCC3)c2)nc1C1C=CC(C(=O)O)=CC1. The number of aromatic nitrogens is 4. The van der Waals surface area contributed by atoms with Gasteiger partial charge < -0.3 is 15.2 Å². The van der Waals surface area contributed by atoms with Crippen LogP contribution in [0.25, 0.3) is 0 Å². The molecule has 3 heterocycles. The standard InChI is InChI=1S/C20H23N5O3/c1-13-10-21-20(24-18(13)14-2-4-15(5-3-14)19(26)27)23-16-11-22-25(12-16)17-6-8-28-9-7-17/h2,4-5,10-12,14,17H,3,6-9H2,1H3,(H,26,27)(H,21,23,24). The van der Waals surface area contributed by atoms with E-state index in [0.29, 0.717) is 24.0 Å². The van der Waals surface area contributed by atoms with Crippen LogP contribution in [0.2, 0.25) is 0 Å². The monoisotopic (exact) mass is 381 g/mol. The molecule has 2 aliphatic rings. The minimum Gasteiger partial charge on any atom is -0.478 e. The van der Waals surface area contributed by atoms with Gasteiger partial charge >= 0.3 is 5.97 Å². The molecule has 2 aromatic rings. The normalized spacial score (nSPS) is 20.0. The third-order valence-electron chi connectivity index (χ3n) is 5.13. The zero-order valence-corrected chi connectivity index (χ0v) is 15.7. The van der Waals surface area contributed by atoms with Crippen molar-refractivity contribution in [3.05, 3.63) is 53.6 Å². The molecule has 8 nitrogen and oxygen atoms in total. The first-order chi connectivity index (χ1) is 13.6. The van der Waals surface area contributed by atoms with Crippen LogP contribution >= 0.6 is 0 Å². The molecule has 2 N–H and O–H groups in total. The van der Waals surface area contributed by atoms with Crippen molar-refractivity contribution in [3.8, 4) is 0 Å². The molecule has 2 aromatic heterocycles. The number of anilines is 2. The number of aliphatic carboxylic acids is 1. The van der Waals surface area contributed by atoms with Gasteiger partial charge in [-0.25, -0.2) is 14.8 Å². The van der Waals surface area contributed by atoms with E-state index in [1.54, 1.807) is 24.5 Å². The van der Waals surface area contributed by atoms with Gasteiger partial charge in [-0.3, -0.25) is 4.68 Å². The number of hydrogen-bond donors (Lipinski definition) is 2. The van der Waals surface area contributed by atoms with Crippen LogP contribution in [0.5, 0.6) is 0 Å². The van der Waals surface area contributed by atoms with Gasteiger partial charge in [0.1, 0.15) is 0 Å². The minimum atomic E-state index is -0.905. The zero-order chi connectivity index (χ0) is 19.5. The van der Waals surface area contributed by atoms with Gasteiger partial charge in [0, 0.05) is 31.5 Å². The third-order valence-corrected chi connectivity index (χ3v) is 5.13. The highest BCUT2D eigenvalue weighted by Crippen LogP contribution is 2.29. The maximum atomic E-state index is 11.1.